The Morgan fingerprint density at radius 1 is 1.25 bits per heavy atom. The van der Waals surface area contributed by atoms with Gasteiger partial charge in [0.1, 0.15) is 0 Å². The van der Waals surface area contributed by atoms with Crippen LogP contribution in [0.3, 0.4) is 0 Å². The molecule has 1 atom stereocenters. The van der Waals surface area contributed by atoms with Crippen LogP contribution in [0.25, 0.3) is 0 Å². The van der Waals surface area contributed by atoms with E-state index in [-0.39, 0.29) is 17.0 Å². The Bertz CT molecular complexity index is 551. The van der Waals surface area contributed by atoms with Crippen molar-refractivity contribution < 1.29 is 13.2 Å². The topological polar surface area (TPSA) is 92.5 Å². The van der Waals surface area contributed by atoms with Crippen molar-refractivity contribution in [2.75, 3.05) is 13.1 Å². The van der Waals surface area contributed by atoms with E-state index in [0.717, 1.165) is 5.56 Å². The molecule has 1 aromatic carbocycles. The van der Waals surface area contributed by atoms with Gasteiger partial charge < -0.3 is 10.2 Å². The third kappa shape index (κ3) is 4.21. The van der Waals surface area contributed by atoms with Crippen LogP contribution in [0.4, 0.5) is 4.79 Å². The van der Waals surface area contributed by atoms with E-state index < -0.39 is 10.0 Å². The van der Waals surface area contributed by atoms with Gasteiger partial charge in [0.25, 0.3) is 0 Å². The molecule has 0 radical (unpaired) electrons. The number of carbonyl (C=O) groups is 1. The zero-order chi connectivity index (χ0) is 15.3. The summed E-state index contributed by atoms with van der Waals surface area (Å²) in [5.41, 5.74) is 0.818. The van der Waals surface area contributed by atoms with Crippen LogP contribution in [-0.4, -0.2) is 32.4 Å². The highest BCUT2D eigenvalue weighted by Gasteiger charge is 2.14. The molecule has 1 aromatic rings. The van der Waals surface area contributed by atoms with E-state index in [1.165, 1.54) is 12.1 Å². The van der Waals surface area contributed by atoms with Gasteiger partial charge in [-0.05, 0) is 38.5 Å². The molecular weight excluding hydrogens is 278 g/mol. The van der Waals surface area contributed by atoms with Gasteiger partial charge in [0.05, 0.1) is 10.9 Å². The van der Waals surface area contributed by atoms with E-state index in [0.29, 0.717) is 13.1 Å². The molecule has 0 aliphatic rings. The molecule has 0 aliphatic carbocycles. The van der Waals surface area contributed by atoms with Gasteiger partial charge in [-0.2, -0.15) is 0 Å². The quantitative estimate of drug-likeness (QED) is 0.861. The highest BCUT2D eigenvalue weighted by Crippen LogP contribution is 2.15. The van der Waals surface area contributed by atoms with Crippen LogP contribution >= 0.6 is 0 Å². The summed E-state index contributed by atoms with van der Waals surface area (Å²) in [4.78, 5) is 13.6. The van der Waals surface area contributed by atoms with Crippen LogP contribution in [0.1, 0.15) is 32.4 Å². The molecule has 112 valence electrons. The lowest BCUT2D eigenvalue weighted by molar-refractivity contribution is 0.200. The smallest absolute Gasteiger partial charge is 0.317 e. The van der Waals surface area contributed by atoms with Gasteiger partial charge in [-0.1, -0.05) is 12.1 Å². The largest absolute Gasteiger partial charge is 0.331 e. The van der Waals surface area contributed by atoms with Crippen molar-refractivity contribution in [3.8, 4) is 0 Å². The number of rotatable bonds is 5. The number of amides is 2. The molecule has 0 unspecified atom stereocenters. The number of nitrogens with two attached hydrogens (primary N) is 1. The fourth-order valence-electron chi connectivity index (χ4n) is 1.82. The van der Waals surface area contributed by atoms with Gasteiger partial charge >= 0.3 is 6.03 Å². The Hall–Kier alpha value is -1.60. The predicted molar refractivity (Wildman–Crippen MR) is 77.7 cm³/mol. The zero-order valence-electron chi connectivity index (χ0n) is 12.0. The average molecular weight is 299 g/mol. The Morgan fingerprint density at radius 3 is 2.15 bits per heavy atom. The van der Waals surface area contributed by atoms with E-state index in [1.54, 1.807) is 17.0 Å². The standard InChI is InChI=1S/C13H21N3O3S/c1-4-16(5-2)13(17)15-10(3)11-6-8-12(9-7-11)20(14,18)19/h6-10H,4-5H2,1-3H3,(H,15,17)(H2,14,18,19)/t10-/m1/s1. The van der Waals surface area contributed by atoms with Crippen LogP contribution in [0.5, 0.6) is 0 Å². The van der Waals surface area contributed by atoms with Crippen LogP contribution < -0.4 is 10.5 Å². The number of sulfonamides is 1. The Morgan fingerprint density at radius 2 is 1.75 bits per heavy atom. The van der Waals surface area contributed by atoms with Crippen molar-refractivity contribution in [1.82, 2.24) is 10.2 Å². The number of nitrogens with one attached hydrogen (secondary N) is 1. The molecule has 7 heteroatoms. The number of carbonyl (C=O) groups excluding carboxylic acids is 1. The van der Waals surface area contributed by atoms with Crippen molar-refractivity contribution in [1.29, 1.82) is 0 Å². The minimum absolute atomic E-state index is 0.0588. The van der Waals surface area contributed by atoms with E-state index in [2.05, 4.69) is 5.32 Å². The summed E-state index contributed by atoms with van der Waals surface area (Å²) in [7, 11) is -3.69. The van der Waals surface area contributed by atoms with Crippen molar-refractivity contribution in [3.05, 3.63) is 29.8 Å². The highest BCUT2D eigenvalue weighted by atomic mass is 32.2. The number of hydrogen-bond donors (Lipinski definition) is 2. The summed E-state index contributed by atoms with van der Waals surface area (Å²) in [6.45, 7) is 6.94. The summed E-state index contributed by atoms with van der Waals surface area (Å²) < 4.78 is 22.3. The first-order valence-corrected chi connectivity index (χ1v) is 8.02. The molecule has 0 saturated heterocycles. The molecular formula is C13H21N3O3S. The number of nitrogens with zero attached hydrogens (tertiary/aromatic N) is 1. The molecule has 20 heavy (non-hydrogen) atoms. The minimum atomic E-state index is -3.69. The summed E-state index contributed by atoms with van der Waals surface area (Å²) in [6, 6.07) is 5.81. The van der Waals surface area contributed by atoms with Gasteiger partial charge in [0, 0.05) is 13.1 Å². The molecule has 0 bridgehead atoms. The lowest BCUT2D eigenvalue weighted by Crippen LogP contribution is -2.40. The Balaban J connectivity index is 2.78. The fourth-order valence-corrected chi connectivity index (χ4v) is 2.33. The second-order valence-corrected chi connectivity index (χ2v) is 6.02. The fraction of sp³-hybridized carbons (Fsp3) is 0.462. The Labute approximate surface area is 120 Å². The molecule has 0 aliphatic heterocycles. The minimum Gasteiger partial charge on any atom is -0.331 e. The van der Waals surface area contributed by atoms with Crippen LogP contribution in [0.15, 0.2) is 29.2 Å². The molecule has 2 amide bonds. The van der Waals surface area contributed by atoms with Gasteiger partial charge in [0.2, 0.25) is 10.0 Å². The molecule has 0 aromatic heterocycles. The molecule has 0 spiro atoms. The van der Waals surface area contributed by atoms with Crippen molar-refractivity contribution in [3.63, 3.8) is 0 Å². The van der Waals surface area contributed by atoms with Gasteiger partial charge in [-0.25, -0.2) is 18.4 Å². The zero-order valence-corrected chi connectivity index (χ0v) is 12.8. The Kier molecular flexibility index (Phi) is 5.52. The summed E-state index contributed by atoms with van der Waals surface area (Å²) in [5, 5.41) is 7.90. The normalized spacial score (nSPS) is 12.8. The first kappa shape index (κ1) is 16.5. The first-order chi connectivity index (χ1) is 9.29. The molecule has 0 heterocycles. The van der Waals surface area contributed by atoms with Crippen molar-refractivity contribution in [2.24, 2.45) is 5.14 Å². The molecule has 3 N–H and O–H groups in total. The maximum Gasteiger partial charge on any atom is 0.317 e. The maximum absolute atomic E-state index is 11.9. The summed E-state index contributed by atoms with van der Waals surface area (Å²) >= 11 is 0. The molecule has 1 rings (SSSR count). The summed E-state index contributed by atoms with van der Waals surface area (Å²) in [6.07, 6.45) is 0. The van der Waals surface area contributed by atoms with E-state index >= 15 is 0 Å². The monoisotopic (exact) mass is 299 g/mol. The van der Waals surface area contributed by atoms with Gasteiger partial charge in [0.15, 0.2) is 0 Å². The second kappa shape index (κ2) is 6.71. The van der Waals surface area contributed by atoms with Gasteiger partial charge in [-0.15, -0.1) is 0 Å². The summed E-state index contributed by atoms with van der Waals surface area (Å²) in [5.74, 6) is 0. The number of urea groups is 1. The maximum atomic E-state index is 11.9. The third-order valence-corrected chi connectivity index (χ3v) is 4.03. The predicted octanol–water partition coefficient (Wildman–Crippen LogP) is 1.45. The van der Waals surface area contributed by atoms with Gasteiger partial charge in [-0.3, -0.25) is 0 Å². The van der Waals surface area contributed by atoms with Crippen molar-refractivity contribution in [2.45, 2.75) is 31.7 Å². The van der Waals surface area contributed by atoms with E-state index in [4.69, 9.17) is 5.14 Å². The number of hydrogen-bond acceptors (Lipinski definition) is 3. The highest BCUT2D eigenvalue weighted by molar-refractivity contribution is 7.89. The first-order valence-electron chi connectivity index (χ1n) is 6.47. The molecule has 0 fully saturated rings. The van der Waals surface area contributed by atoms with Crippen LogP contribution in [0, 0.1) is 0 Å². The van der Waals surface area contributed by atoms with E-state index in [9.17, 15) is 13.2 Å². The molecule has 6 nitrogen and oxygen atoms in total. The van der Waals surface area contributed by atoms with Crippen LogP contribution in [0.2, 0.25) is 0 Å². The SMILES string of the molecule is CCN(CC)C(=O)N[C@H](C)c1ccc(S(N)(=O)=O)cc1. The second-order valence-electron chi connectivity index (χ2n) is 4.46. The number of primary sulfonamides is 1. The lowest BCUT2D eigenvalue weighted by Gasteiger charge is -2.22. The number of benzene rings is 1. The third-order valence-electron chi connectivity index (χ3n) is 3.10. The average Bonchev–Trinajstić information content (AvgIpc) is 2.39. The van der Waals surface area contributed by atoms with E-state index in [1.807, 2.05) is 20.8 Å². The van der Waals surface area contributed by atoms with Crippen molar-refractivity contribution >= 4 is 16.1 Å². The molecule has 0 saturated carbocycles. The lowest BCUT2D eigenvalue weighted by atomic mass is 10.1. The van der Waals surface area contributed by atoms with Crippen LogP contribution in [-0.2, 0) is 10.0 Å².